The highest BCUT2D eigenvalue weighted by atomic mass is 32.2. The highest BCUT2D eigenvalue weighted by Gasteiger charge is 2.31. The molecule has 0 aliphatic carbocycles. The van der Waals surface area contributed by atoms with Crippen molar-refractivity contribution in [2.45, 2.75) is 19.8 Å². The van der Waals surface area contributed by atoms with Crippen LogP contribution in [0, 0.1) is 0 Å². The number of hydrogen-bond acceptors (Lipinski definition) is 5. The van der Waals surface area contributed by atoms with E-state index < -0.39 is 10.0 Å². The lowest BCUT2D eigenvalue weighted by molar-refractivity contribution is -0.127. The predicted molar refractivity (Wildman–Crippen MR) is 77.8 cm³/mol. The van der Waals surface area contributed by atoms with Gasteiger partial charge in [-0.15, -0.1) is 0 Å². The first kappa shape index (κ1) is 15.6. The molecule has 7 heteroatoms. The highest BCUT2D eigenvalue weighted by Crippen LogP contribution is 2.26. The smallest absolute Gasteiger partial charge is 0.237 e. The van der Waals surface area contributed by atoms with E-state index in [4.69, 9.17) is 9.47 Å². The fraction of sp³-hybridized carbons (Fsp3) is 0.500. The van der Waals surface area contributed by atoms with E-state index in [2.05, 4.69) is 0 Å². The second-order valence-corrected chi connectivity index (χ2v) is 6.63. The van der Waals surface area contributed by atoms with Gasteiger partial charge in [0.2, 0.25) is 15.9 Å². The van der Waals surface area contributed by atoms with Crippen LogP contribution in [0.3, 0.4) is 0 Å². The Hall–Kier alpha value is -1.76. The van der Waals surface area contributed by atoms with Gasteiger partial charge in [0, 0.05) is 6.42 Å². The van der Waals surface area contributed by atoms with Crippen molar-refractivity contribution in [2.24, 2.45) is 0 Å². The van der Waals surface area contributed by atoms with Crippen LogP contribution in [0.4, 0.5) is 0 Å². The van der Waals surface area contributed by atoms with Crippen LogP contribution in [-0.2, 0) is 14.8 Å². The topological polar surface area (TPSA) is 72.9 Å². The van der Waals surface area contributed by atoms with Crippen molar-refractivity contribution in [1.82, 2.24) is 4.31 Å². The van der Waals surface area contributed by atoms with Gasteiger partial charge in [0.15, 0.2) is 11.5 Å². The number of carbonyl (C=O) groups is 1. The molecule has 1 aromatic carbocycles. The van der Waals surface area contributed by atoms with Gasteiger partial charge in [0.1, 0.15) is 6.61 Å². The average molecular weight is 313 g/mol. The molecule has 1 heterocycles. The van der Waals surface area contributed by atoms with E-state index in [0.717, 1.165) is 4.31 Å². The maximum Gasteiger partial charge on any atom is 0.237 e. The number of nitrogens with zero attached hydrogens (tertiary/aromatic N) is 1. The number of carbonyl (C=O) groups excluding carboxylic acids is 1. The molecule has 0 spiro atoms. The van der Waals surface area contributed by atoms with E-state index in [1.54, 1.807) is 18.2 Å². The summed E-state index contributed by atoms with van der Waals surface area (Å²) >= 11 is 0. The van der Waals surface area contributed by atoms with Gasteiger partial charge < -0.3 is 9.47 Å². The minimum absolute atomic E-state index is 0.0221. The van der Waals surface area contributed by atoms with Gasteiger partial charge in [-0.3, -0.25) is 4.79 Å². The minimum atomic E-state index is -3.47. The van der Waals surface area contributed by atoms with Crippen LogP contribution in [0.2, 0.25) is 0 Å². The first-order chi connectivity index (χ1) is 10.0. The first-order valence-corrected chi connectivity index (χ1v) is 8.53. The molecule has 116 valence electrons. The van der Waals surface area contributed by atoms with E-state index in [0.29, 0.717) is 24.5 Å². The number of amides is 1. The minimum Gasteiger partial charge on any atom is -0.490 e. The molecule has 0 unspecified atom stereocenters. The summed E-state index contributed by atoms with van der Waals surface area (Å²) in [5, 5.41) is 0. The first-order valence-electron chi connectivity index (χ1n) is 6.92. The molecule has 1 aliphatic heterocycles. The quantitative estimate of drug-likeness (QED) is 0.794. The summed E-state index contributed by atoms with van der Waals surface area (Å²) in [5.41, 5.74) is 0. The van der Waals surface area contributed by atoms with Crippen LogP contribution in [-0.4, -0.2) is 44.1 Å². The largest absolute Gasteiger partial charge is 0.490 e. The van der Waals surface area contributed by atoms with Gasteiger partial charge >= 0.3 is 0 Å². The molecule has 0 atom stereocenters. The fourth-order valence-corrected chi connectivity index (χ4v) is 3.63. The number of sulfonamides is 1. The summed E-state index contributed by atoms with van der Waals surface area (Å²) in [4.78, 5) is 11.7. The molecule has 0 bridgehead atoms. The van der Waals surface area contributed by atoms with Crippen LogP contribution in [0.1, 0.15) is 19.8 Å². The van der Waals surface area contributed by atoms with E-state index in [1.807, 2.05) is 13.0 Å². The Labute approximate surface area is 124 Å². The standard InChI is InChI=1S/C14H19NO5S/c1-2-19-12-6-3-4-7-13(12)20-10-9-15-14(16)8-5-11-21(15,17)18/h3-4,6-7H,2,5,8-11H2,1H3. The van der Waals surface area contributed by atoms with Gasteiger partial charge in [-0.25, -0.2) is 12.7 Å². The summed E-state index contributed by atoms with van der Waals surface area (Å²) in [7, 11) is -3.47. The van der Waals surface area contributed by atoms with Crippen molar-refractivity contribution in [3.05, 3.63) is 24.3 Å². The molecule has 6 nitrogen and oxygen atoms in total. The third-order valence-electron chi connectivity index (χ3n) is 3.11. The van der Waals surface area contributed by atoms with Crippen molar-refractivity contribution in [3.8, 4) is 11.5 Å². The van der Waals surface area contributed by atoms with Gasteiger partial charge in [-0.2, -0.15) is 0 Å². The van der Waals surface area contributed by atoms with Crippen LogP contribution in [0.25, 0.3) is 0 Å². The second-order valence-electron chi connectivity index (χ2n) is 4.61. The molecule has 1 aromatic rings. The molecular formula is C14H19NO5S. The summed E-state index contributed by atoms with van der Waals surface area (Å²) in [6, 6.07) is 7.16. The third-order valence-corrected chi connectivity index (χ3v) is 4.97. The molecule has 21 heavy (non-hydrogen) atoms. The van der Waals surface area contributed by atoms with Crippen molar-refractivity contribution >= 4 is 15.9 Å². The van der Waals surface area contributed by atoms with Crippen molar-refractivity contribution in [3.63, 3.8) is 0 Å². The number of hydrogen-bond donors (Lipinski definition) is 0. The zero-order chi connectivity index (χ0) is 15.3. The summed E-state index contributed by atoms with van der Waals surface area (Å²) in [5.74, 6) is 0.811. The van der Waals surface area contributed by atoms with Crippen LogP contribution in [0.15, 0.2) is 24.3 Å². The number of para-hydroxylation sites is 2. The van der Waals surface area contributed by atoms with E-state index in [-0.39, 0.29) is 31.2 Å². The van der Waals surface area contributed by atoms with Crippen molar-refractivity contribution < 1.29 is 22.7 Å². The molecule has 1 amide bonds. The molecule has 1 aliphatic rings. The SMILES string of the molecule is CCOc1ccccc1OCCN1C(=O)CCCS1(=O)=O. The number of rotatable bonds is 6. The van der Waals surface area contributed by atoms with Crippen molar-refractivity contribution in [2.75, 3.05) is 25.5 Å². The Balaban J connectivity index is 1.96. The monoisotopic (exact) mass is 313 g/mol. The van der Waals surface area contributed by atoms with Crippen molar-refractivity contribution in [1.29, 1.82) is 0 Å². The van der Waals surface area contributed by atoms with Gasteiger partial charge in [0.05, 0.1) is 18.9 Å². The summed E-state index contributed by atoms with van der Waals surface area (Å²) in [6.07, 6.45) is 0.667. The predicted octanol–water partition coefficient (Wildman–Crippen LogP) is 1.42. The normalized spacial score (nSPS) is 17.6. The molecule has 0 aromatic heterocycles. The van der Waals surface area contributed by atoms with Gasteiger partial charge in [0.25, 0.3) is 0 Å². The Bertz CT molecular complexity index is 599. The third kappa shape index (κ3) is 3.87. The molecule has 1 saturated heterocycles. The maximum absolute atomic E-state index is 11.8. The molecular weight excluding hydrogens is 294 g/mol. The van der Waals surface area contributed by atoms with E-state index in [1.165, 1.54) is 0 Å². The lowest BCUT2D eigenvalue weighted by Gasteiger charge is -2.26. The zero-order valence-electron chi connectivity index (χ0n) is 11.9. The van der Waals surface area contributed by atoms with Crippen LogP contribution in [0.5, 0.6) is 11.5 Å². The fourth-order valence-electron chi connectivity index (χ4n) is 2.14. The lowest BCUT2D eigenvalue weighted by atomic mass is 10.3. The van der Waals surface area contributed by atoms with Crippen LogP contribution < -0.4 is 9.47 Å². The Morgan fingerprint density at radius 2 is 1.86 bits per heavy atom. The maximum atomic E-state index is 11.8. The molecule has 0 radical (unpaired) electrons. The number of benzene rings is 1. The van der Waals surface area contributed by atoms with E-state index in [9.17, 15) is 13.2 Å². The second kappa shape index (κ2) is 6.80. The molecule has 0 saturated carbocycles. The van der Waals surface area contributed by atoms with Crippen LogP contribution >= 0.6 is 0 Å². The van der Waals surface area contributed by atoms with Gasteiger partial charge in [-0.1, -0.05) is 12.1 Å². The molecule has 2 rings (SSSR count). The summed E-state index contributed by atoms with van der Waals surface area (Å²) in [6.45, 7) is 2.52. The van der Waals surface area contributed by atoms with E-state index >= 15 is 0 Å². The molecule has 1 fully saturated rings. The Kier molecular flexibility index (Phi) is 5.06. The zero-order valence-corrected chi connectivity index (χ0v) is 12.8. The highest BCUT2D eigenvalue weighted by molar-refractivity contribution is 7.89. The number of ether oxygens (including phenoxy) is 2. The lowest BCUT2D eigenvalue weighted by Crippen LogP contribution is -2.44. The van der Waals surface area contributed by atoms with Gasteiger partial charge in [-0.05, 0) is 25.5 Å². The molecule has 0 N–H and O–H groups in total. The Morgan fingerprint density at radius 3 is 2.48 bits per heavy atom. The average Bonchev–Trinajstić information content (AvgIpc) is 2.43. The summed E-state index contributed by atoms with van der Waals surface area (Å²) < 4.78 is 35.5. The Morgan fingerprint density at radius 1 is 1.19 bits per heavy atom.